The van der Waals surface area contributed by atoms with Crippen molar-refractivity contribution in [2.75, 3.05) is 19.4 Å². The Labute approximate surface area is 218 Å². The Balaban J connectivity index is 1.71. The van der Waals surface area contributed by atoms with Crippen molar-refractivity contribution >= 4 is 41.0 Å². The summed E-state index contributed by atoms with van der Waals surface area (Å²) in [5.74, 6) is 0.0745. The third-order valence-electron chi connectivity index (χ3n) is 6.69. The van der Waals surface area contributed by atoms with E-state index in [2.05, 4.69) is 33.7 Å². The molecule has 0 aliphatic carbocycles. The molecular formula is C25H26Cl2N6O3. The zero-order chi connectivity index (χ0) is 25.7. The third kappa shape index (κ3) is 3.96. The molecule has 2 amide bonds. The van der Waals surface area contributed by atoms with Crippen molar-refractivity contribution in [3.63, 3.8) is 0 Å². The molecule has 5 rings (SSSR count). The smallest absolute Gasteiger partial charge is 0.256 e. The van der Waals surface area contributed by atoms with Crippen LogP contribution >= 0.6 is 23.2 Å². The van der Waals surface area contributed by atoms with E-state index in [4.69, 9.17) is 33.7 Å². The summed E-state index contributed by atoms with van der Waals surface area (Å²) >= 11 is 12.5. The van der Waals surface area contributed by atoms with Crippen LogP contribution in [0.3, 0.4) is 0 Å². The van der Waals surface area contributed by atoms with Crippen molar-refractivity contribution in [3.05, 3.63) is 58.4 Å². The SMILES string of the molecule is COc1nc(N)ncc1-c1cc2c(n1C(C)C)C(c1ccc(Cl)cc1)N(C1CNC(=O)C(Cl)C1)C2=O. The molecule has 36 heavy (non-hydrogen) atoms. The van der Waals surface area contributed by atoms with Crippen LogP contribution in [0.4, 0.5) is 5.95 Å². The molecular weight excluding hydrogens is 503 g/mol. The topological polar surface area (TPSA) is 115 Å². The molecule has 1 fully saturated rings. The molecule has 11 heteroatoms. The zero-order valence-corrected chi connectivity index (χ0v) is 21.5. The normalized spacial score (nSPS) is 21.6. The molecule has 0 saturated carbocycles. The number of halogens is 2. The van der Waals surface area contributed by atoms with Gasteiger partial charge in [-0.05, 0) is 44.0 Å². The first-order chi connectivity index (χ1) is 17.2. The number of anilines is 1. The second-order valence-electron chi connectivity index (χ2n) is 9.21. The van der Waals surface area contributed by atoms with E-state index in [-0.39, 0.29) is 29.8 Å². The number of ether oxygens (including phenoxy) is 1. The van der Waals surface area contributed by atoms with Gasteiger partial charge in [0.25, 0.3) is 5.91 Å². The predicted octanol–water partition coefficient (Wildman–Crippen LogP) is 3.81. The van der Waals surface area contributed by atoms with Gasteiger partial charge in [-0.25, -0.2) is 4.98 Å². The fourth-order valence-corrected chi connectivity index (χ4v) is 5.57. The van der Waals surface area contributed by atoms with E-state index in [9.17, 15) is 9.59 Å². The number of nitrogens with two attached hydrogens (primary N) is 1. The van der Waals surface area contributed by atoms with Crippen LogP contribution in [0, 0.1) is 0 Å². The van der Waals surface area contributed by atoms with E-state index in [1.54, 1.807) is 6.20 Å². The number of piperidine rings is 1. The number of fused-ring (bicyclic) bond motifs is 1. The highest BCUT2D eigenvalue weighted by Gasteiger charge is 2.47. The molecule has 2 aliphatic heterocycles. The molecule has 2 aromatic heterocycles. The molecule has 3 atom stereocenters. The fraction of sp³-hybridized carbons (Fsp3) is 0.360. The predicted molar refractivity (Wildman–Crippen MR) is 137 cm³/mol. The van der Waals surface area contributed by atoms with Crippen LogP contribution in [0.15, 0.2) is 36.5 Å². The maximum Gasteiger partial charge on any atom is 0.256 e. The Morgan fingerprint density at radius 3 is 2.56 bits per heavy atom. The van der Waals surface area contributed by atoms with Crippen molar-refractivity contribution in [2.45, 2.75) is 43.8 Å². The Morgan fingerprint density at radius 1 is 1.19 bits per heavy atom. The van der Waals surface area contributed by atoms with Gasteiger partial charge in [-0.15, -0.1) is 11.6 Å². The van der Waals surface area contributed by atoms with Crippen LogP contribution in [0.5, 0.6) is 5.88 Å². The molecule has 2 aliphatic rings. The highest BCUT2D eigenvalue weighted by molar-refractivity contribution is 6.31. The summed E-state index contributed by atoms with van der Waals surface area (Å²) < 4.78 is 7.61. The zero-order valence-electron chi connectivity index (χ0n) is 20.0. The Bertz CT molecular complexity index is 1340. The number of carbonyl (C=O) groups excluding carboxylic acids is 2. The van der Waals surface area contributed by atoms with Gasteiger partial charge in [0.1, 0.15) is 5.38 Å². The van der Waals surface area contributed by atoms with Crippen LogP contribution in [0.2, 0.25) is 5.02 Å². The van der Waals surface area contributed by atoms with E-state index < -0.39 is 11.4 Å². The number of nitrogens with zero attached hydrogens (tertiary/aromatic N) is 4. The molecule has 3 unspecified atom stereocenters. The van der Waals surface area contributed by atoms with Crippen molar-refractivity contribution in [2.24, 2.45) is 0 Å². The average molecular weight is 529 g/mol. The van der Waals surface area contributed by atoms with Crippen LogP contribution in [-0.2, 0) is 4.79 Å². The minimum atomic E-state index is -0.707. The van der Waals surface area contributed by atoms with Crippen LogP contribution in [-0.4, -0.2) is 56.3 Å². The van der Waals surface area contributed by atoms with Gasteiger partial charge in [0, 0.05) is 23.8 Å². The Morgan fingerprint density at radius 2 is 1.92 bits per heavy atom. The number of nitrogen functional groups attached to an aromatic ring is 1. The largest absolute Gasteiger partial charge is 0.480 e. The molecule has 4 heterocycles. The van der Waals surface area contributed by atoms with E-state index in [1.807, 2.05) is 35.2 Å². The molecule has 0 spiro atoms. The molecule has 0 radical (unpaired) electrons. The quantitative estimate of drug-likeness (QED) is 0.486. The second kappa shape index (κ2) is 9.29. The number of carbonyl (C=O) groups is 2. The molecule has 188 valence electrons. The maximum atomic E-state index is 14.0. The van der Waals surface area contributed by atoms with E-state index in [0.29, 0.717) is 35.0 Å². The van der Waals surface area contributed by atoms with Gasteiger partial charge < -0.3 is 25.3 Å². The molecule has 3 aromatic rings. The van der Waals surface area contributed by atoms with Gasteiger partial charge in [-0.3, -0.25) is 9.59 Å². The van der Waals surface area contributed by atoms with Gasteiger partial charge in [0.05, 0.1) is 41.7 Å². The van der Waals surface area contributed by atoms with Gasteiger partial charge in [0.15, 0.2) is 0 Å². The summed E-state index contributed by atoms with van der Waals surface area (Å²) in [6.45, 7) is 4.43. The van der Waals surface area contributed by atoms with Gasteiger partial charge in [0.2, 0.25) is 17.7 Å². The van der Waals surface area contributed by atoms with Crippen molar-refractivity contribution in [3.8, 4) is 17.1 Å². The average Bonchev–Trinajstić information content (AvgIpc) is 3.36. The third-order valence-corrected chi connectivity index (χ3v) is 7.32. The summed E-state index contributed by atoms with van der Waals surface area (Å²) in [5.41, 5.74) is 9.49. The lowest BCUT2D eigenvalue weighted by Crippen LogP contribution is -2.53. The van der Waals surface area contributed by atoms with Crippen LogP contribution < -0.4 is 15.8 Å². The van der Waals surface area contributed by atoms with Crippen molar-refractivity contribution in [1.82, 2.24) is 24.8 Å². The highest BCUT2D eigenvalue weighted by Crippen LogP contribution is 2.46. The number of hydrogen-bond acceptors (Lipinski definition) is 6. The number of alkyl halides is 1. The van der Waals surface area contributed by atoms with E-state index in [0.717, 1.165) is 17.0 Å². The summed E-state index contributed by atoms with van der Waals surface area (Å²) in [6.07, 6.45) is 1.97. The number of rotatable bonds is 5. The molecule has 1 saturated heterocycles. The number of benzene rings is 1. The lowest BCUT2D eigenvalue weighted by Gasteiger charge is -2.38. The molecule has 0 bridgehead atoms. The first kappa shape index (κ1) is 24.4. The summed E-state index contributed by atoms with van der Waals surface area (Å²) in [5, 5.41) is 2.73. The lowest BCUT2D eigenvalue weighted by atomic mass is 9.99. The monoisotopic (exact) mass is 528 g/mol. The van der Waals surface area contributed by atoms with Gasteiger partial charge >= 0.3 is 0 Å². The minimum Gasteiger partial charge on any atom is -0.480 e. The second-order valence-corrected chi connectivity index (χ2v) is 10.2. The fourth-order valence-electron chi connectivity index (χ4n) is 5.16. The Kier molecular flexibility index (Phi) is 6.30. The standard InChI is InChI=1S/C25H26Cl2N6O3/c1-12(2)32-19(17-11-30-25(28)31-23(17)36-3)9-16-21(32)20(13-4-6-14(26)7-5-13)33(24(16)35)15-8-18(27)22(34)29-10-15/h4-7,9,11-12,15,18,20H,8,10H2,1-3H3,(H,29,34)(H2,28,30,31). The number of nitrogens with one attached hydrogen (secondary N) is 1. The van der Waals surface area contributed by atoms with Crippen molar-refractivity contribution in [1.29, 1.82) is 0 Å². The maximum absolute atomic E-state index is 14.0. The first-order valence-electron chi connectivity index (χ1n) is 11.6. The number of amides is 2. The lowest BCUT2D eigenvalue weighted by molar-refractivity contribution is -0.122. The Hall–Kier alpha value is -3.30. The molecule has 9 nitrogen and oxygen atoms in total. The molecule has 1 aromatic carbocycles. The highest BCUT2D eigenvalue weighted by atomic mass is 35.5. The number of aromatic nitrogens is 3. The van der Waals surface area contributed by atoms with Gasteiger partial charge in [-0.2, -0.15) is 4.98 Å². The summed E-state index contributed by atoms with van der Waals surface area (Å²) in [4.78, 5) is 36.3. The number of methoxy groups -OCH3 is 1. The minimum absolute atomic E-state index is 0.0135. The van der Waals surface area contributed by atoms with Crippen LogP contribution in [0.1, 0.15) is 54.0 Å². The summed E-state index contributed by atoms with van der Waals surface area (Å²) in [6, 6.07) is 8.63. The van der Waals surface area contributed by atoms with E-state index in [1.165, 1.54) is 7.11 Å². The number of hydrogen-bond donors (Lipinski definition) is 2. The van der Waals surface area contributed by atoms with Crippen molar-refractivity contribution < 1.29 is 14.3 Å². The van der Waals surface area contributed by atoms with Gasteiger partial charge in [-0.1, -0.05) is 23.7 Å². The molecule has 3 N–H and O–H groups in total. The van der Waals surface area contributed by atoms with Crippen LogP contribution in [0.25, 0.3) is 11.3 Å². The summed E-state index contributed by atoms with van der Waals surface area (Å²) in [7, 11) is 1.52. The van der Waals surface area contributed by atoms with E-state index >= 15 is 0 Å². The first-order valence-corrected chi connectivity index (χ1v) is 12.4.